The van der Waals surface area contributed by atoms with Crippen molar-refractivity contribution < 1.29 is 12.3 Å². The summed E-state index contributed by atoms with van der Waals surface area (Å²) in [7, 11) is 0. The maximum absolute atomic E-state index is 7.62. The van der Waals surface area contributed by atoms with Crippen LogP contribution in [0.5, 0.6) is 0 Å². The second-order valence-electron chi connectivity index (χ2n) is 27.5. The van der Waals surface area contributed by atoms with Crippen molar-refractivity contribution in [2.24, 2.45) is 11.8 Å². The van der Waals surface area contributed by atoms with E-state index in [0.29, 0.717) is 10.0 Å². The summed E-state index contributed by atoms with van der Waals surface area (Å²) < 4.78 is 72.2. The molecule has 0 aromatic carbocycles. The zero-order chi connectivity index (χ0) is 56.5. The van der Waals surface area contributed by atoms with E-state index < -0.39 is 110 Å². The van der Waals surface area contributed by atoms with Gasteiger partial charge in [0.2, 0.25) is 0 Å². The zero-order valence-electron chi connectivity index (χ0n) is 56.5. The fourth-order valence-corrected chi connectivity index (χ4v) is 54.9. The first-order valence-corrected chi connectivity index (χ1v) is 74.4. The van der Waals surface area contributed by atoms with E-state index in [9.17, 15) is 0 Å². The maximum atomic E-state index is 7.62. The molecule has 0 nitrogen and oxygen atoms in total. The zero-order valence-corrected chi connectivity index (χ0v) is 62.2. The van der Waals surface area contributed by atoms with Crippen LogP contribution in [0.1, 0.15) is 189 Å². The van der Waals surface area contributed by atoms with Crippen molar-refractivity contribution in [3.05, 3.63) is 0 Å². The molecule has 384 valence electrons. The molecule has 4 unspecified atom stereocenters. The summed E-state index contributed by atoms with van der Waals surface area (Å²) in [5.74, 6) is 30.2. The number of rotatable bonds is 4. The summed E-state index contributed by atoms with van der Waals surface area (Å²) in [4.78, 5) is 0. The Hall–Kier alpha value is 3.80. The molecule has 7 heterocycles. The van der Waals surface area contributed by atoms with Crippen molar-refractivity contribution in [2.75, 3.05) is 0 Å². The first-order chi connectivity index (χ1) is 33.2. The molecule has 7 fully saturated rings. The van der Waals surface area contributed by atoms with Gasteiger partial charge in [-0.3, -0.25) is 0 Å². The molecule has 0 aliphatic carbocycles. The van der Waals surface area contributed by atoms with Crippen LogP contribution < -0.4 is 0 Å². The molecule has 0 radical (unpaired) electrons. The fourth-order valence-electron chi connectivity index (χ4n) is 12.5. The quantitative estimate of drug-likeness (QED) is 0.246. The Morgan fingerprint density at radius 2 is 0.656 bits per heavy atom. The van der Waals surface area contributed by atoms with Gasteiger partial charge in [0.15, 0.2) is 0 Å². The van der Waals surface area contributed by atoms with Crippen LogP contribution in [-0.2, 0) is 0 Å². The third-order valence-electron chi connectivity index (χ3n) is 19.6. The van der Waals surface area contributed by atoms with Crippen LogP contribution >= 0.6 is 0 Å². The average Bonchev–Trinajstić information content (AvgIpc) is 4.00. The summed E-state index contributed by atoms with van der Waals surface area (Å²) in [6.45, 7) is 16.0. The van der Waals surface area contributed by atoms with Gasteiger partial charge in [-0.2, -0.15) is 0 Å². The molecular formula is C57H128Ge7. The van der Waals surface area contributed by atoms with Gasteiger partial charge in [-0.1, -0.05) is 0 Å². The molecule has 0 aromatic rings. The Labute approximate surface area is 441 Å². The summed E-state index contributed by atoms with van der Waals surface area (Å²) in [5, 5.41) is 13.0. The van der Waals surface area contributed by atoms with Crippen molar-refractivity contribution in [1.29, 1.82) is 0 Å². The van der Waals surface area contributed by atoms with Crippen molar-refractivity contribution >= 4 is 92.9 Å². The molecule has 0 N–H and O–H groups in total. The van der Waals surface area contributed by atoms with Crippen LogP contribution in [0.3, 0.4) is 0 Å². The van der Waals surface area contributed by atoms with Crippen molar-refractivity contribution in [3.8, 4) is 0 Å². The topological polar surface area (TPSA) is 0 Å². The first-order valence-electron chi connectivity index (χ1n) is 33.2. The number of hydrogen-bond donors (Lipinski definition) is 0. The summed E-state index contributed by atoms with van der Waals surface area (Å²) in [5.41, 5.74) is -5.96. The van der Waals surface area contributed by atoms with E-state index in [1.165, 1.54) is 67.3 Å². The molecule has 0 aromatic heterocycles. The molecular weight excluding hydrogens is 1190 g/mol. The van der Waals surface area contributed by atoms with Crippen LogP contribution in [-0.4, -0.2) is 92.9 Å². The molecule has 0 bridgehead atoms. The standard InChI is InChI=1S/2C9H20Ge.4C8H18Ge.C7H16Ge/c1-4-9-5-7-10(2,3)8-6-9;1-4-9-7-5-6-8-10(9,2)3;1-8-4-6-9(2,3)7-5-8;1-8-6-4-5-7-9(8,2)3;2*1-4-8-6-5-7-9(8,2)3;1-7-5-4-6-8(7,2)3/h2*9H,4-8H2,1-3H3;4*8H,4-7H2,1-3H3;7H,4-6H2,1-3H3/t;;;8-;;;7-/m...1..1/s1/i;;;;2D3,3D3;;2D3/t;;;;;;7-,8?. The van der Waals surface area contributed by atoms with E-state index in [-0.39, 0.29) is 4.75 Å². The minimum absolute atomic E-state index is 0.00926. The van der Waals surface area contributed by atoms with Gasteiger partial charge < -0.3 is 0 Å². The van der Waals surface area contributed by atoms with Crippen LogP contribution in [0.15, 0.2) is 0 Å². The Morgan fingerprint density at radius 1 is 0.328 bits per heavy atom. The minimum atomic E-state index is -3.76. The molecule has 7 saturated heterocycles. The normalized spacial score (nSPS) is 35.9. The van der Waals surface area contributed by atoms with Crippen molar-refractivity contribution in [3.63, 3.8) is 0 Å². The Kier molecular flexibility index (Phi) is 25.3. The summed E-state index contributed by atoms with van der Waals surface area (Å²) in [6.07, 6.45) is 27.5. The van der Waals surface area contributed by atoms with E-state index in [1.54, 1.807) is 75.3 Å². The van der Waals surface area contributed by atoms with Gasteiger partial charge in [-0.25, -0.2) is 0 Å². The monoisotopic (exact) mass is 1340 g/mol. The molecule has 7 heteroatoms. The molecule has 7 aliphatic rings. The summed E-state index contributed by atoms with van der Waals surface area (Å²) in [6, 6.07) is 0. The van der Waals surface area contributed by atoms with E-state index in [2.05, 4.69) is 105 Å². The van der Waals surface area contributed by atoms with Gasteiger partial charge in [0.05, 0.1) is 0 Å². The third-order valence-corrected chi connectivity index (χ3v) is 77.0. The van der Waals surface area contributed by atoms with Crippen molar-refractivity contribution in [1.82, 2.24) is 0 Å². The van der Waals surface area contributed by atoms with Crippen molar-refractivity contribution in [2.45, 2.75) is 328 Å². The van der Waals surface area contributed by atoms with Gasteiger partial charge in [0.25, 0.3) is 0 Å². The number of hydrogen-bond acceptors (Lipinski definition) is 0. The Bertz CT molecular complexity index is 1480. The predicted octanol–water partition coefficient (Wildman–Crippen LogP) is 23.0. The fraction of sp³-hybridized carbons (Fsp3) is 1.00. The van der Waals surface area contributed by atoms with Gasteiger partial charge in [0.1, 0.15) is 0 Å². The van der Waals surface area contributed by atoms with Crippen LogP contribution in [0.2, 0.25) is 151 Å². The third kappa shape index (κ3) is 26.1. The molecule has 7 rings (SSSR count). The molecule has 7 aliphatic heterocycles. The molecule has 0 saturated carbocycles. The van der Waals surface area contributed by atoms with E-state index in [1.807, 2.05) is 6.92 Å². The second kappa shape index (κ2) is 31.5. The van der Waals surface area contributed by atoms with E-state index in [4.69, 9.17) is 12.3 Å². The predicted molar refractivity (Wildman–Crippen MR) is 323 cm³/mol. The van der Waals surface area contributed by atoms with Gasteiger partial charge in [0, 0.05) is 0 Å². The Morgan fingerprint density at radius 3 is 0.953 bits per heavy atom. The van der Waals surface area contributed by atoms with E-state index in [0.717, 1.165) is 53.9 Å². The second-order valence-corrected chi connectivity index (χ2v) is 99.4. The Balaban J connectivity index is 0.000000429. The molecule has 0 amide bonds. The molecule has 0 spiro atoms. The SMILES string of the molecule is CC1C[CH2][Ge]([CH3])([CH3])[CH2]C1.CCC1C[CH2][Ge]([CH3])([CH3])[CH2]C1.CC[CH]1CCC[CH2][Ge]1([CH3])[CH3].CC[CH]1CC[CH2][Ge]1([CH3])[CH3].C[C@@H]1CCC[CH2][Ge]1([CH3])[CH3].[2H][C]([2H])([2H])[Ge]1([CH3])[CH2]CC[C@H]1C.[2H][C]([2H])([2H])[Ge]1([C]([2H])([2H])[2H])[CH2]CC[CH]1CC. The van der Waals surface area contributed by atoms with Gasteiger partial charge >= 0.3 is 445 Å². The van der Waals surface area contributed by atoms with E-state index >= 15 is 0 Å². The van der Waals surface area contributed by atoms with Crippen LogP contribution in [0.25, 0.3) is 0 Å². The summed E-state index contributed by atoms with van der Waals surface area (Å²) >= 11 is -11.9. The average molecular weight is 1330 g/mol. The first kappa shape index (κ1) is 51.3. The molecule has 6 atom stereocenters. The molecule has 64 heavy (non-hydrogen) atoms. The van der Waals surface area contributed by atoms with Gasteiger partial charge in [-0.05, 0) is 0 Å². The van der Waals surface area contributed by atoms with Gasteiger partial charge in [-0.15, -0.1) is 0 Å². The van der Waals surface area contributed by atoms with Crippen LogP contribution in [0.4, 0.5) is 0 Å². The van der Waals surface area contributed by atoms with Crippen LogP contribution in [0, 0.1) is 11.8 Å².